The number of halogens is 2. The van der Waals surface area contributed by atoms with E-state index in [9.17, 15) is 19.2 Å². The lowest BCUT2D eigenvalue weighted by molar-refractivity contribution is -0.696. The first-order chi connectivity index (χ1) is 20.7. The molecule has 2 aromatic heterocycles. The van der Waals surface area contributed by atoms with Crippen molar-refractivity contribution in [1.82, 2.24) is 14.1 Å². The second-order valence-corrected chi connectivity index (χ2v) is 10.8. The molecule has 0 aliphatic carbocycles. The topological polar surface area (TPSA) is 94.9 Å². The third-order valence-corrected chi connectivity index (χ3v) is 7.00. The van der Waals surface area contributed by atoms with Crippen LogP contribution in [0.25, 0.3) is 12.4 Å². The monoisotopic (exact) mass is 668 g/mol. The molecular weight excluding hydrogens is 611 g/mol. The van der Waals surface area contributed by atoms with Gasteiger partial charge in [-0.1, -0.05) is 48.3 Å². The van der Waals surface area contributed by atoms with Gasteiger partial charge >= 0.3 is 0 Å². The zero-order valence-corrected chi connectivity index (χ0v) is 28.8. The Labute approximate surface area is 283 Å². The van der Waals surface area contributed by atoms with Crippen molar-refractivity contribution in [3.8, 4) is 0 Å². The van der Waals surface area contributed by atoms with Crippen molar-refractivity contribution in [2.45, 2.75) is 119 Å². The SMILES string of the molecule is C.C=Cn1cc[n+](CCCC(C(=O)CCC)C(=O)CCC)c1.C=Cn1ccnc1.CCCC(=O)C(CCCCl)C(=O)CCC.[Cl-]. The molecular formula is C35H58Cl2N4O4. The van der Waals surface area contributed by atoms with Crippen LogP contribution in [0, 0.1) is 11.8 Å². The van der Waals surface area contributed by atoms with Crippen LogP contribution in [0.15, 0.2) is 50.6 Å². The Morgan fingerprint density at radius 2 is 1.22 bits per heavy atom. The molecule has 10 heteroatoms. The third kappa shape index (κ3) is 20.7. The molecule has 0 aliphatic rings. The van der Waals surface area contributed by atoms with Crippen LogP contribution in [0.2, 0.25) is 0 Å². The van der Waals surface area contributed by atoms with E-state index in [1.807, 2.05) is 61.7 Å². The first-order valence-electron chi connectivity index (χ1n) is 15.7. The van der Waals surface area contributed by atoms with Gasteiger partial charge in [0.1, 0.15) is 35.5 Å². The van der Waals surface area contributed by atoms with E-state index in [0.29, 0.717) is 44.4 Å². The summed E-state index contributed by atoms with van der Waals surface area (Å²) in [6.07, 6.45) is 22.7. The summed E-state index contributed by atoms with van der Waals surface area (Å²) in [6, 6.07) is 0. The van der Waals surface area contributed by atoms with Crippen LogP contribution in [-0.2, 0) is 25.7 Å². The Morgan fingerprint density at radius 3 is 1.53 bits per heavy atom. The molecule has 0 aromatic carbocycles. The zero-order chi connectivity index (χ0) is 32.5. The Morgan fingerprint density at radius 1 is 0.778 bits per heavy atom. The van der Waals surface area contributed by atoms with Gasteiger partial charge in [-0.25, -0.2) is 14.1 Å². The third-order valence-electron chi connectivity index (χ3n) is 6.73. The summed E-state index contributed by atoms with van der Waals surface area (Å²) >= 11 is 5.59. The van der Waals surface area contributed by atoms with Crippen LogP contribution >= 0.6 is 11.6 Å². The predicted molar refractivity (Wildman–Crippen MR) is 182 cm³/mol. The number of aryl methyl sites for hydroxylation is 1. The maximum Gasteiger partial charge on any atom is 0.248 e. The van der Waals surface area contributed by atoms with E-state index in [1.165, 1.54) is 0 Å². The number of ketones is 4. The van der Waals surface area contributed by atoms with Crippen molar-refractivity contribution in [3.05, 3.63) is 50.6 Å². The van der Waals surface area contributed by atoms with E-state index in [-0.39, 0.29) is 48.9 Å². The zero-order valence-electron chi connectivity index (χ0n) is 27.3. The lowest BCUT2D eigenvalue weighted by atomic mass is 9.89. The Hall–Kier alpha value is -2.84. The molecule has 0 aliphatic heterocycles. The average molecular weight is 670 g/mol. The molecule has 0 atom stereocenters. The van der Waals surface area contributed by atoms with Crippen LogP contribution < -0.4 is 17.0 Å². The van der Waals surface area contributed by atoms with Gasteiger partial charge < -0.3 is 17.0 Å². The van der Waals surface area contributed by atoms with Gasteiger partial charge in [0.15, 0.2) is 0 Å². The molecule has 8 nitrogen and oxygen atoms in total. The largest absolute Gasteiger partial charge is 1.00 e. The van der Waals surface area contributed by atoms with Crippen molar-refractivity contribution < 1.29 is 36.2 Å². The van der Waals surface area contributed by atoms with E-state index in [0.717, 1.165) is 45.1 Å². The highest BCUT2D eigenvalue weighted by atomic mass is 35.5. The first kappa shape index (κ1) is 46.6. The molecule has 2 heterocycles. The van der Waals surface area contributed by atoms with Crippen molar-refractivity contribution in [2.24, 2.45) is 11.8 Å². The maximum atomic E-state index is 12.1. The standard InChI is InChI=1S/C17H27N2O2.C12H21ClO2.C5H6N2.CH4.ClH/c1-4-8-16(20)15(17(21)9-5-2)10-7-11-19-13-12-18(6-3)14-19;1-3-6-11(14)10(8-5-9-13)12(15)7-4-2;1-2-7-4-3-6-5-7;;/h6,12-15H,3-5,7-11H2,1-2H3;10H,3-9H2,1-2H3;2-5H,1H2;1H4;1H/q+1;;;;/p-1. The molecule has 0 fully saturated rings. The van der Waals surface area contributed by atoms with E-state index in [2.05, 4.69) is 18.1 Å². The lowest BCUT2D eigenvalue weighted by Crippen LogP contribution is -3.00. The number of rotatable bonds is 21. The van der Waals surface area contributed by atoms with E-state index in [4.69, 9.17) is 11.6 Å². The summed E-state index contributed by atoms with van der Waals surface area (Å²) < 4.78 is 5.70. The van der Waals surface area contributed by atoms with E-state index < -0.39 is 5.92 Å². The molecule has 0 bridgehead atoms. The molecule has 256 valence electrons. The van der Waals surface area contributed by atoms with Gasteiger partial charge in [-0.2, -0.15) is 0 Å². The lowest BCUT2D eigenvalue weighted by Gasteiger charge is -2.13. The number of imidazole rings is 2. The smallest absolute Gasteiger partial charge is 0.248 e. The quantitative estimate of drug-likeness (QED) is 0.106. The van der Waals surface area contributed by atoms with Crippen LogP contribution in [0.4, 0.5) is 0 Å². The molecule has 0 spiro atoms. The minimum atomic E-state index is -0.396. The van der Waals surface area contributed by atoms with Crippen LogP contribution in [-0.4, -0.2) is 43.1 Å². The van der Waals surface area contributed by atoms with E-state index in [1.54, 1.807) is 29.5 Å². The molecule has 0 amide bonds. The van der Waals surface area contributed by atoms with Gasteiger partial charge in [0.25, 0.3) is 0 Å². The van der Waals surface area contributed by atoms with Crippen LogP contribution in [0.1, 0.15) is 112 Å². The Bertz CT molecular complexity index is 1050. The molecule has 0 saturated heterocycles. The Kier molecular flexibility index (Phi) is 30.9. The van der Waals surface area contributed by atoms with Crippen LogP contribution in [0.5, 0.6) is 0 Å². The second kappa shape index (κ2) is 29.8. The molecule has 0 radical (unpaired) electrons. The highest BCUT2D eigenvalue weighted by Crippen LogP contribution is 2.17. The van der Waals surface area contributed by atoms with Crippen molar-refractivity contribution in [1.29, 1.82) is 0 Å². The van der Waals surface area contributed by atoms with Gasteiger partial charge in [0.05, 0.1) is 30.9 Å². The van der Waals surface area contributed by atoms with Gasteiger partial charge in [0.2, 0.25) is 6.33 Å². The van der Waals surface area contributed by atoms with Gasteiger partial charge in [-0.05, 0) is 51.4 Å². The van der Waals surface area contributed by atoms with Gasteiger partial charge in [0, 0.05) is 50.2 Å². The number of Topliss-reactive ketones (excluding diaryl/α,β-unsaturated/α-hetero) is 4. The predicted octanol–water partition coefficient (Wildman–Crippen LogP) is 4.99. The van der Waals surface area contributed by atoms with E-state index >= 15 is 0 Å². The maximum absolute atomic E-state index is 12.1. The molecule has 0 N–H and O–H groups in total. The number of hydrogen-bond acceptors (Lipinski definition) is 5. The summed E-state index contributed by atoms with van der Waals surface area (Å²) in [5.74, 6) is 0.168. The van der Waals surface area contributed by atoms with Crippen molar-refractivity contribution in [3.63, 3.8) is 0 Å². The fourth-order valence-corrected chi connectivity index (χ4v) is 4.63. The number of hydrogen-bond donors (Lipinski definition) is 0. The minimum Gasteiger partial charge on any atom is -1.00 e. The average Bonchev–Trinajstić information content (AvgIpc) is 3.69. The second-order valence-electron chi connectivity index (χ2n) is 10.4. The van der Waals surface area contributed by atoms with Crippen LogP contribution in [0.3, 0.4) is 0 Å². The number of carbonyl (C=O) groups excluding carboxylic acids is 4. The fraction of sp³-hybridized carbons (Fsp3) is 0.600. The highest BCUT2D eigenvalue weighted by molar-refractivity contribution is 6.17. The number of nitrogens with zero attached hydrogens (tertiary/aromatic N) is 4. The molecule has 45 heavy (non-hydrogen) atoms. The summed E-state index contributed by atoms with van der Waals surface area (Å²) in [6.45, 7) is 15.9. The highest BCUT2D eigenvalue weighted by Gasteiger charge is 2.25. The molecule has 2 rings (SSSR count). The van der Waals surface area contributed by atoms with Crippen molar-refractivity contribution >= 4 is 47.1 Å². The summed E-state index contributed by atoms with van der Waals surface area (Å²) in [7, 11) is 0. The van der Waals surface area contributed by atoms with Gasteiger partial charge in [-0.15, -0.1) is 11.6 Å². The minimum absolute atomic E-state index is 0. The molecule has 0 saturated carbocycles. The number of carbonyl (C=O) groups is 4. The number of alkyl halides is 1. The summed E-state index contributed by atoms with van der Waals surface area (Å²) in [5.41, 5.74) is 0. The summed E-state index contributed by atoms with van der Waals surface area (Å²) in [5, 5.41) is 0. The normalized spacial score (nSPS) is 9.93. The Balaban J connectivity index is -0.000000641. The summed E-state index contributed by atoms with van der Waals surface area (Å²) in [4.78, 5) is 51.4. The molecule has 0 unspecified atom stereocenters. The number of aromatic nitrogens is 4. The molecule has 2 aromatic rings. The van der Waals surface area contributed by atoms with Gasteiger partial charge in [-0.3, -0.25) is 19.2 Å². The van der Waals surface area contributed by atoms with Crippen molar-refractivity contribution in [2.75, 3.05) is 5.88 Å². The fourth-order valence-electron chi connectivity index (χ4n) is 4.47. The first-order valence-corrected chi connectivity index (χ1v) is 16.2.